The van der Waals surface area contributed by atoms with Crippen LogP contribution in [-0.4, -0.2) is 4.98 Å². The Morgan fingerprint density at radius 3 is 2.67 bits per heavy atom. The second-order valence-electron chi connectivity index (χ2n) is 5.34. The van der Waals surface area contributed by atoms with Gasteiger partial charge in [0, 0.05) is 17.6 Å². The molecule has 1 aromatic heterocycles. The van der Waals surface area contributed by atoms with Crippen LogP contribution in [0.4, 0.5) is 0 Å². The molecule has 1 aliphatic rings. The molecule has 2 N–H and O–H groups in total. The van der Waals surface area contributed by atoms with Crippen molar-refractivity contribution in [3.8, 4) is 0 Å². The number of aromatic nitrogens is 1. The minimum atomic E-state index is 0.165. The first kappa shape index (κ1) is 11.7. The molecule has 3 rings (SSSR count). The molecule has 0 saturated heterocycles. The van der Waals surface area contributed by atoms with E-state index in [1.807, 2.05) is 12.3 Å². The first-order valence-electron chi connectivity index (χ1n) is 6.95. The molecule has 0 bridgehead atoms. The van der Waals surface area contributed by atoms with E-state index in [4.69, 9.17) is 5.73 Å². The third-order valence-corrected chi connectivity index (χ3v) is 4.20. The molecule has 1 heterocycles. The topological polar surface area (TPSA) is 38.9 Å². The second kappa shape index (κ2) is 5.07. The zero-order valence-corrected chi connectivity index (χ0v) is 10.7. The van der Waals surface area contributed by atoms with Crippen molar-refractivity contribution in [1.82, 2.24) is 4.98 Å². The third-order valence-electron chi connectivity index (χ3n) is 4.20. The Labute approximate surface area is 108 Å². The fraction of sp³-hybridized carbons (Fsp3) is 0.438. The summed E-state index contributed by atoms with van der Waals surface area (Å²) < 4.78 is 0. The van der Waals surface area contributed by atoms with Crippen LogP contribution in [0.25, 0.3) is 10.9 Å². The third kappa shape index (κ3) is 2.13. The van der Waals surface area contributed by atoms with Gasteiger partial charge in [-0.1, -0.05) is 37.5 Å². The van der Waals surface area contributed by atoms with E-state index in [2.05, 4.69) is 29.2 Å². The molecule has 0 radical (unpaired) electrons. The molecule has 2 aromatic rings. The Bertz CT molecular complexity index is 524. The number of rotatable bonds is 2. The molecule has 1 fully saturated rings. The van der Waals surface area contributed by atoms with Crippen LogP contribution in [0, 0.1) is 5.92 Å². The summed E-state index contributed by atoms with van der Waals surface area (Å²) in [5, 5.41) is 1.22. The van der Waals surface area contributed by atoms with E-state index in [9.17, 15) is 0 Å². The lowest BCUT2D eigenvalue weighted by Crippen LogP contribution is -2.23. The summed E-state index contributed by atoms with van der Waals surface area (Å²) in [6.07, 6.45) is 8.49. The van der Waals surface area contributed by atoms with Gasteiger partial charge in [-0.2, -0.15) is 0 Å². The first-order chi connectivity index (χ1) is 8.86. The van der Waals surface area contributed by atoms with E-state index in [0.29, 0.717) is 5.92 Å². The molecule has 0 aliphatic heterocycles. The van der Waals surface area contributed by atoms with Gasteiger partial charge in [0.05, 0.1) is 5.52 Å². The molecular weight excluding hydrogens is 220 g/mol. The average Bonchev–Trinajstić information content (AvgIpc) is 2.47. The lowest BCUT2D eigenvalue weighted by Gasteiger charge is -2.28. The van der Waals surface area contributed by atoms with Crippen LogP contribution in [0.15, 0.2) is 36.5 Å². The summed E-state index contributed by atoms with van der Waals surface area (Å²) in [5.74, 6) is 0.643. The smallest absolute Gasteiger partial charge is 0.0705 e. The lowest BCUT2D eigenvalue weighted by molar-refractivity contribution is 0.309. The molecule has 0 spiro atoms. The fourth-order valence-corrected chi connectivity index (χ4v) is 3.16. The molecule has 2 nitrogen and oxygen atoms in total. The van der Waals surface area contributed by atoms with Gasteiger partial charge in [0.15, 0.2) is 0 Å². The number of nitrogens with two attached hydrogens (primary N) is 1. The number of hydrogen-bond donors (Lipinski definition) is 1. The Morgan fingerprint density at radius 2 is 1.83 bits per heavy atom. The van der Waals surface area contributed by atoms with Crippen molar-refractivity contribution in [3.63, 3.8) is 0 Å². The molecule has 94 valence electrons. The highest BCUT2D eigenvalue weighted by Gasteiger charge is 2.23. The number of fused-ring (bicyclic) bond motifs is 1. The summed E-state index contributed by atoms with van der Waals surface area (Å²) in [5.41, 5.74) is 8.84. The van der Waals surface area contributed by atoms with Crippen LogP contribution in [0.3, 0.4) is 0 Å². The number of benzene rings is 1. The number of para-hydroxylation sites is 1. The van der Waals surface area contributed by atoms with Crippen molar-refractivity contribution in [2.75, 3.05) is 0 Å². The Kier molecular flexibility index (Phi) is 3.28. The summed E-state index contributed by atoms with van der Waals surface area (Å²) >= 11 is 0. The molecule has 1 atom stereocenters. The van der Waals surface area contributed by atoms with E-state index in [-0.39, 0.29) is 6.04 Å². The molecule has 0 amide bonds. The van der Waals surface area contributed by atoms with Gasteiger partial charge in [0.2, 0.25) is 0 Å². The highest BCUT2D eigenvalue weighted by molar-refractivity contribution is 5.82. The van der Waals surface area contributed by atoms with Crippen molar-refractivity contribution in [3.05, 3.63) is 42.1 Å². The Morgan fingerprint density at radius 1 is 1.06 bits per heavy atom. The quantitative estimate of drug-likeness (QED) is 0.866. The van der Waals surface area contributed by atoms with Gasteiger partial charge >= 0.3 is 0 Å². The molecule has 1 saturated carbocycles. The normalized spacial score (nSPS) is 18.9. The van der Waals surface area contributed by atoms with Crippen molar-refractivity contribution in [2.45, 2.75) is 38.1 Å². The maximum absolute atomic E-state index is 6.51. The molecule has 1 aromatic carbocycles. The minimum Gasteiger partial charge on any atom is -0.324 e. The Balaban J connectivity index is 1.97. The van der Waals surface area contributed by atoms with Gasteiger partial charge in [-0.3, -0.25) is 4.98 Å². The van der Waals surface area contributed by atoms with Crippen molar-refractivity contribution in [1.29, 1.82) is 0 Å². The first-order valence-corrected chi connectivity index (χ1v) is 6.95. The number of pyridine rings is 1. The van der Waals surface area contributed by atoms with Crippen LogP contribution < -0.4 is 5.73 Å². The highest BCUT2D eigenvalue weighted by Crippen LogP contribution is 2.35. The summed E-state index contributed by atoms with van der Waals surface area (Å²) in [4.78, 5) is 4.41. The van der Waals surface area contributed by atoms with Crippen LogP contribution in [0.5, 0.6) is 0 Å². The minimum absolute atomic E-state index is 0.165. The van der Waals surface area contributed by atoms with Crippen molar-refractivity contribution >= 4 is 10.9 Å². The van der Waals surface area contributed by atoms with Gasteiger partial charge in [0.25, 0.3) is 0 Å². The van der Waals surface area contributed by atoms with Gasteiger partial charge < -0.3 is 5.73 Å². The second-order valence-corrected chi connectivity index (χ2v) is 5.34. The Hall–Kier alpha value is -1.41. The number of hydrogen-bond acceptors (Lipinski definition) is 2. The van der Waals surface area contributed by atoms with Gasteiger partial charge in [-0.25, -0.2) is 0 Å². The van der Waals surface area contributed by atoms with E-state index in [1.165, 1.54) is 43.1 Å². The zero-order valence-electron chi connectivity index (χ0n) is 10.7. The van der Waals surface area contributed by atoms with E-state index >= 15 is 0 Å². The number of nitrogens with zero attached hydrogens (tertiary/aromatic N) is 1. The molecule has 1 aliphatic carbocycles. The maximum Gasteiger partial charge on any atom is 0.0705 e. The van der Waals surface area contributed by atoms with E-state index in [1.54, 1.807) is 0 Å². The van der Waals surface area contributed by atoms with Crippen molar-refractivity contribution in [2.24, 2.45) is 11.7 Å². The lowest BCUT2D eigenvalue weighted by atomic mass is 9.81. The van der Waals surface area contributed by atoms with Crippen molar-refractivity contribution < 1.29 is 0 Å². The standard InChI is InChI=1S/C16H20N2/c17-16(12-6-2-1-3-7-12)14-10-11-18-15-9-5-4-8-13(14)15/h4-5,8-12,16H,1-3,6-7,17H2/t16-/m0/s1. The molecular formula is C16H20N2. The monoisotopic (exact) mass is 240 g/mol. The van der Waals surface area contributed by atoms with Gasteiger partial charge in [-0.05, 0) is 36.5 Å². The largest absolute Gasteiger partial charge is 0.324 e. The molecule has 0 unspecified atom stereocenters. The fourth-order valence-electron chi connectivity index (χ4n) is 3.16. The van der Waals surface area contributed by atoms with E-state index < -0.39 is 0 Å². The predicted octanol–water partition coefficient (Wildman–Crippen LogP) is 3.81. The van der Waals surface area contributed by atoms with Crippen LogP contribution in [0.1, 0.15) is 43.7 Å². The van der Waals surface area contributed by atoms with Gasteiger partial charge in [0.1, 0.15) is 0 Å². The average molecular weight is 240 g/mol. The molecule has 18 heavy (non-hydrogen) atoms. The van der Waals surface area contributed by atoms with Crippen LogP contribution in [-0.2, 0) is 0 Å². The molecule has 2 heteroatoms. The summed E-state index contributed by atoms with van der Waals surface area (Å²) in [6.45, 7) is 0. The van der Waals surface area contributed by atoms with Crippen LogP contribution >= 0.6 is 0 Å². The zero-order chi connectivity index (χ0) is 12.4. The summed E-state index contributed by atoms with van der Waals surface area (Å²) in [7, 11) is 0. The van der Waals surface area contributed by atoms with Gasteiger partial charge in [-0.15, -0.1) is 0 Å². The van der Waals surface area contributed by atoms with Crippen LogP contribution in [0.2, 0.25) is 0 Å². The van der Waals surface area contributed by atoms with E-state index in [0.717, 1.165) is 5.52 Å². The SMILES string of the molecule is N[C@H](c1ccnc2ccccc12)C1CCCCC1. The summed E-state index contributed by atoms with van der Waals surface area (Å²) in [6, 6.07) is 10.6. The highest BCUT2D eigenvalue weighted by atomic mass is 14.7. The predicted molar refractivity (Wildman–Crippen MR) is 75.2 cm³/mol. The maximum atomic E-state index is 6.51.